The van der Waals surface area contributed by atoms with Gasteiger partial charge in [0.25, 0.3) is 0 Å². The topological polar surface area (TPSA) is 18.5 Å². The van der Waals surface area contributed by atoms with Gasteiger partial charge in [-0.05, 0) is 40.3 Å². The number of methoxy groups -OCH3 is 1. The van der Waals surface area contributed by atoms with E-state index >= 15 is 0 Å². The SMILES string of the molecule is CCC(C)c1ccc2cc(COCOC)ccc2c1. The van der Waals surface area contributed by atoms with Gasteiger partial charge < -0.3 is 9.47 Å². The van der Waals surface area contributed by atoms with Crippen molar-refractivity contribution in [2.24, 2.45) is 0 Å². The lowest BCUT2D eigenvalue weighted by atomic mass is 9.95. The molecule has 0 spiro atoms. The van der Waals surface area contributed by atoms with Gasteiger partial charge in [0.1, 0.15) is 6.79 Å². The molecule has 0 N–H and O–H groups in total. The number of fused-ring (bicyclic) bond motifs is 1. The Kier molecular flexibility index (Phi) is 4.94. The summed E-state index contributed by atoms with van der Waals surface area (Å²) in [6.45, 7) is 5.43. The molecule has 0 amide bonds. The largest absolute Gasteiger partial charge is 0.359 e. The summed E-state index contributed by atoms with van der Waals surface area (Å²) in [4.78, 5) is 0. The third kappa shape index (κ3) is 3.55. The van der Waals surface area contributed by atoms with Gasteiger partial charge >= 0.3 is 0 Å². The molecule has 2 aromatic carbocycles. The van der Waals surface area contributed by atoms with Crippen molar-refractivity contribution in [1.82, 2.24) is 0 Å². The van der Waals surface area contributed by atoms with E-state index in [1.807, 2.05) is 0 Å². The molecule has 2 rings (SSSR count). The maximum absolute atomic E-state index is 5.37. The highest BCUT2D eigenvalue weighted by molar-refractivity contribution is 5.83. The fourth-order valence-electron chi connectivity index (χ4n) is 2.19. The van der Waals surface area contributed by atoms with E-state index < -0.39 is 0 Å². The smallest absolute Gasteiger partial charge is 0.146 e. The molecule has 2 aromatic rings. The van der Waals surface area contributed by atoms with E-state index in [0.29, 0.717) is 19.3 Å². The van der Waals surface area contributed by atoms with E-state index in [9.17, 15) is 0 Å². The van der Waals surface area contributed by atoms with Gasteiger partial charge in [0, 0.05) is 7.11 Å². The first-order chi connectivity index (χ1) is 9.24. The minimum atomic E-state index is 0.338. The summed E-state index contributed by atoms with van der Waals surface area (Å²) in [7, 11) is 1.64. The van der Waals surface area contributed by atoms with Crippen molar-refractivity contribution >= 4 is 10.8 Å². The number of benzene rings is 2. The van der Waals surface area contributed by atoms with Crippen LogP contribution in [0.2, 0.25) is 0 Å². The summed E-state index contributed by atoms with van der Waals surface area (Å²) in [6, 6.07) is 13.2. The van der Waals surface area contributed by atoms with Gasteiger partial charge in [-0.3, -0.25) is 0 Å². The van der Waals surface area contributed by atoms with Crippen LogP contribution in [0.25, 0.3) is 10.8 Å². The summed E-state index contributed by atoms with van der Waals surface area (Å²) in [5.41, 5.74) is 2.60. The van der Waals surface area contributed by atoms with E-state index in [-0.39, 0.29) is 0 Å². The molecule has 102 valence electrons. The first kappa shape index (κ1) is 14.0. The standard InChI is InChI=1S/C17H22O2/c1-4-13(2)15-7-8-16-9-14(11-19-12-18-3)5-6-17(16)10-15/h5-10,13H,4,11-12H2,1-3H3. The summed E-state index contributed by atoms with van der Waals surface area (Å²) < 4.78 is 10.3. The van der Waals surface area contributed by atoms with E-state index in [2.05, 4.69) is 50.2 Å². The minimum Gasteiger partial charge on any atom is -0.359 e. The molecule has 1 unspecified atom stereocenters. The van der Waals surface area contributed by atoms with Crippen LogP contribution in [0.3, 0.4) is 0 Å². The highest BCUT2D eigenvalue weighted by atomic mass is 16.7. The van der Waals surface area contributed by atoms with Crippen molar-refractivity contribution in [2.45, 2.75) is 32.8 Å². The molecular formula is C17H22O2. The molecular weight excluding hydrogens is 236 g/mol. The maximum Gasteiger partial charge on any atom is 0.146 e. The summed E-state index contributed by atoms with van der Waals surface area (Å²) in [6.07, 6.45) is 1.18. The van der Waals surface area contributed by atoms with Gasteiger partial charge in [-0.25, -0.2) is 0 Å². The van der Waals surface area contributed by atoms with Crippen LogP contribution in [0, 0.1) is 0 Å². The number of hydrogen-bond donors (Lipinski definition) is 0. The lowest BCUT2D eigenvalue weighted by Gasteiger charge is -2.11. The molecule has 2 nitrogen and oxygen atoms in total. The van der Waals surface area contributed by atoms with E-state index in [0.717, 1.165) is 0 Å². The van der Waals surface area contributed by atoms with Crippen molar-refractivity contribution in [2.75, 3.05) is 13.9 Å². The summed E-state index contributed by atoms with van der Waals surface area (Å²) in [5, 5.41) is 2.57. The predicted molar refractivity (Wildman–Crippen MR) is 79.3 cm³/mol. The number of hydrogen-bond acceptors (Lipinski definition) is 2. The zero-order chi connectivity index (χ0) is 13.7. The zero-order valence-electron chi connectivity index (χ0n) is 12.0. The lowest BCUT2D eigenvalue weighted by molar-refractivity contribution is -0.0390. The Hall–Kier alpha value is -1.38. The van der Waals surface area contributed by atoms with Crippen LogP contribution in [0.15, 0.2) is 36.4 Å². The molecule has 0 saturated heterocycles. The molecule has 19 heavy (non-hydrogen) atoms. The third-order valence-electron chi connectivity index (χ3n) is 3.58. The normalized spacial score (nSPS) is 12.8. The van der Waals surface area contributed by atoms with Gasteiger partial charge in [0.05, 0.1) is 6.61 Å². The van der Waals surface area contributed by atoms with Gasteiger partial charge in [-0.15, -0.1) is 0 Å². The molecule has 0 aromatic heterocycles. The van der Waals surface area contributed by atoms with Crippen LogP contribution in [0.5, 0.6) is 0 Å². The summed E-state index contributed by atoms with van der Waals surface area (Å²) >= 11 is 0. The zero-order valence-corrected chi connectivity index (χ0v) is 12.0. The average Bonchev–Trinajstić information content (AvgIpc) is 2.46. The molecule has 0 fully saturated rings. The first-order valence-corrected chi connectivity index (χ1v) is 6.84. The molecule has 0 heterocycles. The quantitative estimate of drug-likeness (QED) is 0.562. The van der Waals surface area contributed by atoms with E-state index in [1.165, 1.54) is 28.3 Å². The number of ether oxygens (including phenoxy) is 2. The Morgan fingerprint density at radius 2 is 1.79 bits per heavy atom. The number of rotatable bonds is 6. The Morgan fingerprint density at radius 1 is 1.05 bits per heavy atom. The second-order valence-corrected chi connectivity index (χ2v) is 5.01. The lowest BCUT2D eigenvalue weighted by Crippen LogP contribution is -1.97. The van der Waals surface area contributed by atoms with Gasteiger partial charge in [0.15, 0.2) is 0 Å². The van der Waals surface area contributed by atoms with Crippen molar-refractivity contribution in [3.63, 3.8) is 0 Å². The highest BCUT2D eigenvalue weighted by Crippen LogP contribution is 2.24. The molecule has 2 heteroatoms. The maximum atomic E-state index is 5.37. The minimum absolute atomic E-state index is 0.338. The molecule has 0 radical (unpaired) electrons. The molecule has 0 aliphatic rings. The third-order valence-corrected chi connectivity index (χ3v) is 3.58. The van der Waals surface area contributed by atoms with Crippen LogP contribution >= 0.6 is 0 Å². The van der Waals surface area contributed by atoms with Gasteiger partial charge in [0.2, 0.25) is 0 Å². The average molecular weight is 258 g/mol. The van der Waals surface area contributed by atoms with Crippen LogP contribution in [0.1, 0.15) is 37.3 Å². The highest BCUT2D eigenvalue weighted by Gasteiger charge is 2.04. The molecule has 0 aliphatic heterocycles. The van der Waals surface area contributed by atoms with Crippen LogP contribution in [-0.4, -0.2) is 13.9 Å². The van der Waals surface area contributed by atoms with E-state index in [4.69, 9.17) is 9.47 Å². The van der Waals surface area contributed by atoms with Crippen LogP contribution < -0.4 is 0 Å². The Bertz CT molecular complexity index is 534. The van der Waals surface area contributed by atoms with Crippen molar-refractivity contribution < 1.29 is 9.47 Å². The molecule has 0 saturated carbocycles. The van der Waals surface area contributed by atoms with Crippen molar-refractivity contribution in [3.05, 3.63) is 47.5 Å². The Balaban J connectivity index is 2.20. The van der Waals surface area contributed by atoms with Crippen LogP contribution in [-0.2, 0) is 16.1 Å². The Morgan fingerprint density at radius 3 is 2.53 bits per heavy atom. The fourth-order valence-corrected chi connectivity index (χ4v) is 2.19. The second kappa shape index (κ2) is 6.69. The molecule has 0 bridgehead atoms. The van der Waals surface area contributed by atoms with Crippen molar-refractivity contribution in [3.8, 4) is 0 Å². The summed E-state index contributed by atoms with van der Waals surface area (Å²) in [5.74, 6) is 0.620. The van der Waals surface area contributed by atoms with Gasteiger partial charge in [-0.2, -0.15) is 0 Å². The molecule has 1 atom stereocenters. The van der Waals surface area contributed by atoms with Crippen LogP contribution in [0.4, 0.5) is 0 Å². The molecule has 0 aliphatic carbocycles. The van der Waals surface area contributed by atoms with Crippen molar-refractivity contribution in [1.29, 1.82) is 0 Å². The monoisotopic (exact) mass is 258 g/mol. The Labute approximate surface area is 115 Å². The van der Waals surface area contributed by atoms with E-state index in [1.54, 1.807) is 7.11 Å². The second-order valence-electron chi connectivity index (χ2n) is 5.01. The first-order valence-electron chi connectivity index (χ1n) is 6.84. The fraction of sp³-hybridized carbons (Fsp3) is 0.412. The van der Waals surface area contributed by atoms with Gasteiger partial charge in [-0.1, -0.05) is 44.2 Å². The predicted octanol–water partition coefficient (Wildman–Crippen LogP) is 4.47.